The van der Waals surface area contributed by atoms with Gasteiger partial charge in [0.25, 0.3) is 0 Å². The quantitative estimate of drug-likeness (QED) is 0.741. The maximum absolute atomic E-state index is 11.9. The van der Waals surface area contributed by atoms with Gasteiger partial charge in [0, 0.05) is 11.5 Å². The molecule has 2 atom stereocenters. The molecule has 1 amide bonds. The SMILES string of the molecule is CCC(C)[C@H](CC)C(=O)NC(C)(C)C. The fraction of sp³-hybridized carbons (Fsp3) is 0.917. The second-order valence-corrected chi connectivity index (χ2v) is 5.14. The number of nitrogens with one attached hydrogen (secondary N) is 1. The Bertz CT molecular complexity index is 181. The highest BCUT2D eigenvalue weighted by atomic mass is 16.2. The van der Waals surface area contributed by atoms with Gasteiger partial charge in [-0.1, -0.05) is 27.2 Å². The van der Waals surface area contributed by atoms with E-state index in [2.05, 4.69) is 26.1 Å². The molecule has 0 aromatic carbocycles. The molecule has 0 bridgehead atoms. The van der Waals surface area contributed by atoms with Crippen molar-refractivity contribution in [1.82, 2.24) is 5.32 Å². The molecule has 0 aliphatic heterocycles. The van der Waals surface area contributed by atoms with Crippen LogP contribution in [0.25, 0.3) is 0 Å². The lowest BCUT2D eigenvalue weighted by molar-refractivity contribution is -0.128. The molecule has 0 saturated heterocycles. The van der Waals surface area contributed by atoms with Gasteiger partial charge in [0.1, 0.15) is 0 Å². The molecule has 2 nitrogen and oxygen atoms in total. The van der Waals surface area contributed by atoms with Gasteiger partial charge in [0.15, 0.2) is 0 Å². The van der Waals surface area contributed by atoms with Gasteiger partial charge in [-0.15, -0.1) is 0 Å². The van der Waals surface area contributed by atoms with Crippen LogP contribution in [-0.2, 0) is 4.79 Å². The highest BCUT2D eigenvalue weighted by Gasteiger charge is 2.24. The molecule has 0 aromatic rings. The summed E-state index contributed by atoms with van der Waals surface area (Å²) in [6.07, 6.45) is 1.99. The van der Waals surface area contributed by atoms with Gasteiger partial charge < -0.3 is 5.32 Å². The van der Waals surface area contributed by atoms with E-state index in [0.717, 1.165) is 12.8 Å². The number of rotatable bonds is 4. The van der Waals surface area contributed by atoms with E-state index in [4.69, 9.17) is 0 Å². The van der Waals surface area contributed by atoms with Gasteiger partial charge in [-0.25, -0.2) is 0 Å². The van der Waals surface area contributed by atoms with Crippen LogP contribution in [0.5, 0.6) is 0 Å². The Morgan fingerprint density at radius 2 is 1.71 bits per heavy atom. The molecule has 0 aromatic heterocycles. The Hall–Kier alpha value is -0.530. The van der Waals surface area contributed by atoms with E-state index in [-0.39, 0.29) is 17.4 Å². The van der Waals surface area contributed by atoms with E-state index in [1.165, 1.54) is 0 Å². The predicted molar refractivity (Wildman–Crippen MR) is 61.1 cm³/mol. The number of carbonyl (C=O) groups is 1. The van der Waals surface area contributed by atoms with Gasteiger partial charge in [0.2, 0.25) is 5.91 Å². The molecule has 0 fully saturated rings. The van der Waals surface area contributed by atoms with E-state index in [0.29, 0.717) is 5.92 Å². The molecular formula is C12H25NO. The summed E-state index contributed by atoms with van der Waals surface area (Å²) in [5, 5.41) is 3.05. The van der Waals surface area contributed by atoms with Crippen LogP contribution in [0.1, 0.15) is 54.4 Å². The predicted octanol–water partition coefficient (Wildman–Crippen LogP) is 2.97. The highest BCUT2D eigenvalue weighted by Crippen LogP contribution is 2.19. The molecule has 0 spiro atoms. The molecule has 0 aliphatic rings. The summed E-state index contributed by atoms with van der Waals surface area (Å²) in [5.74, 6) is 0.843. The van der Waals surface area contributed by atoms with Crippen LogP contribution in [0.4, 0.5) is 0 Å². The number of carbonyl (C=O) groups excluding carboxylic acids is 1. The monoisotopic (exact) mass is 199 g/mol. The van der Waals surface area contributed by atoms with Crippen molar-refractivity contribution < 1.29 is 4.79 Å². The zero-order chi connectivity index (χ0) is 11.4. The van der Waals surface area contributed by atoms with Crippen LogP contribution in [0.3, 0.4) is 0 Å². The smallest absolute Gasteiger partial charge is 0.223 e. The van der Waals surface area contributed by atoms with Crippen LogP contribution in [-0.4, -0.2) is 11.4 Å². The average Bonchev–Trinajstić information content (AvgIpc) is 2.01. The van der Waals surface area contributed by atoms with Gasteiger partial charge in [-0.2, -0.15) is 0 Å². The van der Waals surface area contributed by atoms with Crippen molar-refractivity contribution in [3.63, 3.8) is 0 Å². The third-order valence-electron chi connectivity index (χ3n) is 2.61. The maximum Gasteiger partial charge on any atom is 0.223 e. The summed E-state index contributed by atoms with van der Waals surface area (Å²) in [7, 11) is 0. The van der Waals surface area contributed by atoms with Crippen LogP contribution in [0.2, 0.25) is 0 Å². The molecule has 84 valence electrons. The third-order valence-corrected chi connectivity index (χ3v) is 2.61. The van der Waals surface area contributed by atoms with Crippen molar-refractivity contribution in [2.24, 2.45) is 11.8 Å². The molecule has 0 heterocycles. The first kappa shape index (κ1) is 13.5. The summed E-state index contributed by atoms with van der Waals surface area (Å²) >= 11 is 0. The fourth-order valence-electron chi connectivity index (χ4n) is 1.59. The third kappa shape index (κ3) is 4.64. The summed E-state index contributed by atoms with van der Waals surface area (Å²) in [6.45, 7) is 12.4. The van der Waals surface area contributed by atoms with Crippen LogP contribution < -0.4 is 5.32 Å². The normalized spacial score (nSPS) is 16.1. The molecular weight excluding hydrogens is 174 g/mol. The van der Waals surface area contributed by atoms with Crippen LogP contribution in [0.15, 0.2) is 0 Å². The van der Waals surface area contributed by atoms with E-state index in [1.54, 1.807) is 0 Å². The summed E-state index contributed by atoms with van der Waals surface area (Å²) in [6, 6.07) is 0. The van der Waals surface area contributed by atoms with E-state index in [9.17, 15) is 4.79 Å². The van der Waals surface area contributed by atoms with Gasteiger partial charge in [-0.05, 0) is 33.1 Å². The Morgan fingerprint density at radius 1 is 1.21 bits per heavy atom. The first-order valence-electron chi connectivity index (χ1n) is 5.63. The van der Waals surface area contributed by atoms with Crippen molar-refractivity contribution in [2.75, 3.05) is 0 Å². The second kappa shape index (κ2) is 5.38. The fourth-order valence-corrected chi connectivity index (χ4v) is 1.59. The van der Waals surface area contributed by atoms with Gasteiger partial charge in [-0.3, -0.25) is 4.79 Å². The van der Waals surface area contributed by atoms with E-state index >= 15 is 0 Å². The molecule has 1 unspecified atom stereocenters. The largest absolute Gasteiger partial charge is 0.351 e. The highest BCUT2D eigenvalue weighted by molar-refractivity contribution is 5.79. The van der Waals surface area contributed by atoms with Crippen LogP contribution >= 0.6 is 0 Å². The maximum atomic E-state index is 11.9. The summed E-state index contributed by atoms with van der Waals surface area (Å²) in [5.41, 5.74) is -0.113. The molecule has 0 rings (SSSR count). The first-order chi connectivity index (χ1) is 6.31. The molecule has 0 saturated carbocycles. The Kier molecular flexibility index (Phi) is 5.17. The number of hydrogen-bond donors (Lipinski definition) is 1. The lowest BCUT2D eigenvalue weighted by atomic mass is 9.88. The second-order valence-electron chi connectivity index (χ2n) is 5.14. The Balaban J connectivity index is 4.33. The van der Waals surface area contributed by atoms with Crippen molar-refractivity contribution in [3.05, 3.63) is 0 Å². The Morgan fingerprint density at radius 3 is 2.00 bits per heavy atom. The lowest BCUT2D eigenvalue weighted by Crippen LogP contribution is -2.45. The minimum Gasteiger partial charge on any atom is -0.351 e. The summed E-state index contributed by atoms with van der Waals surface area (Å²) in [4.78, 5) is 11.9. The molecule has 2 heteroatoms. The minimum absolute atomic E-state index is 0.113. The number of amides is 1. The van der Waals surface area contributed by atoms with Crippen LogP contribution in [0, 0.1) is 11.8 Å². The molecule has 14 heavy (non-hydrogen) atoms. The number of hydrogen-bond acceptors (Lipinski definition) is 1. The molecule has 0 radical (unpaired) electrons. The topological polar surface area (TPSA) is 29.1 Å². The van der Waals surface area contributed by atoms with Crippen molar-refractivity contribution in [2.45, 2.75) is 59.9 Å². The zero-order valence-corrected chi connectivity index (χ0v) is 10.5. The molecule has 0 aliphatic carbocycles. The zero-order valence-electron chi connectivity index (χ0n) is 10.5. The van der Waals surface area contributed by atoms with Crippen molar-refractivity contribution >= 4 is 5.91 Å². The minimum atomic E-state index is -0.113. The standard InChI is InChI=1S/C12H25NO/c1-7-9(3)10(8-2)11(14)13-12(4,5)6/h9-10H,7-8H2,1-6H3,(H,13,14)/t9?,10-/m0/s1. The summed E-state index contributed by atoms with van der Waals surface area (Å²) < 4.78 is 0. The Labute approximate surface area is 88.5 Å². The van der Waals surface area contributed by atoms with Crippen molar-refractivity contribution in [3.8, 4) is 0 Å². The van der Waals surface area contributed by atoms with Gasteiger partial charge >= 0.3 is 0 Å². The van der Waals surface area contributed by atoms with Gasteiger partial charge in [0.05, 0.1) is 0 Å². The van der Waals surface area contributed by atoms with E-state index < -0.39 is 0 Å². The average molecular weight is 199 g/mol. The molecule has 1 N–H and O–H groups in total. The lowest BCUT2D eigenvalue weighted by Gasteiger charge is -2.27. The van der Waals surface area contributed by atoms with E-state index in [1.807, 2.05) is 20.8 Å². The first-order valence-corrected chi connectivity index (χ1v) is 5.63. The van der Waals surface area contributed by atoms with Crippen molar-refractivity contribution in [1.29, 1.82) is 0 Å².